The summed E-state index contributed by atoms with van der Waals surface area (Å²) >= 11 is 0. The van der Waals surface area contributed by atoms with Crippen LogP contribution in [0.3, 0.4) is 0 Å². The Morgan fingerprint density at radius 1 is 0.939 bits per heavy atom. The molecule has 0 spiro atoms. The summed E-state index contributed by atoms with van der Waals surface area (Å²) in [6.45, 7) is 2.31. The second-order valence-corrected chi connectivity index (χ2v) is 8.38. The number of rotatable bonds is 5. The van der Waals surface area contributed by atoms with Gasteiger partial charge >= 0.3 is 0 Å². The molecule has 33 heavy (non-hydrogen) atoms. The first-order valence-corrected chi connectivity index (χ1v) is 11.0. The number of aromatic nitrogens is 1. The summed E-state index contributed by atoms with van der Waals surface area (Å²) in [6, 6.07) is 24.1. The van der Waals surface area contributed by atoms with Crippen LogP contribution in [0.5, 0.6) is 0 Å². The molecule has 0 unspecified atom stereocenters. The fourth-order valence-corrected chi connectivity index (χ4v) is 4.54. The van der Waals surface area contributed by atoms with Gasteiger partial charge in [0.05, 0.1) is 11.6 Å². The summed E-state index contributed by atoms with van der Waals surface area (Å²) in [6.07, 6.45) is 2.54. The van der Waals surface area contributed by atoms with Crippen LogP contribution in [0.4, 0.5) is 0 Å². The highest BCUT2D eigenvalue weighted by atomic mass is 16.3. The molecule has 4 aromatic rings. The van der Waals surface area contributed by atoms with Crippen LogP contribution in [0.1, 0.15) is 28.3 Å². The zero-order chi connectivity index (χ0) is 22.9. The van der Waals surface area contributed by atoms with Gasteiger partial charge in [-0.05, 0) is 30.5 Å². The monoisotopic (exact) mass is 436 g/mol. The minimum atomic E-state index is -0.652. The van der Waals surface area contributed by atoms with E-state index in [0.717, 1.165) is 27.6 Å². The van der Waals surface area contributed by atoms with E-state index >= 15 is 0 Å². The Balaban J connectivity index is 1.55. The van der Waals surface area contributed by atoms with E-state index in [9.17, 15) is 14.7 Å². The topological polar surface area (TPSA) is 73.4 Å². The predicted octanol–water partition coefficient (Wildman–Crippen LogP) is 5.14. The van der Waals surface area contributed by atoms with Crippen molar-refractivity contribution in [3.63, 3.8) is 0 Å². The molecule has 0 radical (unpaired) electrons. The average molecular weight is 437 g/mol. The maximum Gasteiger partial charge on any atom is 0.295 e. The van der Waals surface area contributed by atoms with Crippen molar-refractivity contribution in [1.82, 2.24) is 9.88 Å². The fraction of sp³-hybridized carbons (Fsp3) is 0.143. The van der Waals surface area contributed by atoms with Gasteiger partial charge < -0.3 is 15.0 Å². The van der Waals surface area contributed by atoms with Crippen LogP contribution < -0.4 is 0 Å². The summed E-state index contributed by atoms with van der Waals surface area (Å²) in [5.74, 6) is -1.38. The van der Waals surface area contributed by atoms with Crippen molar-refractivity contribution in [3.8, 4) is 0 Å². The molecule has 2 N–H and O–H groups in total. The number of nitrogens with one attached hydrogen (secondary N) is 1. The maximum absolute atomic E-state index is 13.1. The minimum Gasteiger partial charge on any atom is -0.507 e. The first-order chi connectivity index (χ1) is 16.0. The van der Waals surface area contributed by atoms with E-state index in [2.05, 4.69) is 4.98 Å². The number of Topliss-reactive ketones (excluding diaryl/α,β-unsaturated/α-hetero) is 1. The van der Waals surface area contributed by atoms with Crippen LogP contribution >= 0.6 is 0 Å². The van der Waals surface area contributed by atoms with Gasteiger partial charge in [-0.25, -0.2) is 0 Å². The van der Waals surface area contributed by atoms with Crippen LogP contribution in [0.2, 0.25) is 0 Å². The van der Waals surface area contributed by atoms with Crippen LogP contribution in [-0.2, 0) is 16.0 Å². The van der Waals surface area contributed by atoms with Crippen LogP contribution in [0.15, 0.2) is 90.6 Å². The maximum atomic E-state index is 13.1. The van der Waals surface area contributed by atoms with Gasteiger partial charge in [-0.1, -0.05) is 78.4 Å². The molecule has 1 atom stereocenters. The van der Waals surface area contributed by atoms with E-state index < -0.39 is 17.7 Å². The number of H-pyrrole nitrogens is 1. The molecule has 5 nitrogen and oxygen atoms in total. The molecule has 0 saturated carbocycles. The van der Waals surface area contributed by atoms with Crippen molar-refractivity contribution in [2.75, 3.05) is 6.54 Å². The Morgan fingerprint density at radius 2 is 1.64 bits per heavy atom. The van der Waals surface area contributed by atoms with Crippen molar-refractivity contribution in [1.29, 1.82) is 0 Å². The summed E-state index contributed by atoms with van der Waals surface area (Å²) < 4.78 is 0. The third-order valence-electron chi connectivity index (χ3n) is 6.28. The van der Waals surface area contributed by atoms with Crippen LogP contribution in [-0.4, -0.2) is 33.2 Å². The summed E-state index contributed by atoms with van der Waals surface area (Å²) in [7, 11) is 0. The number of aliphatic hydroxyl groups excluding tert-OH is 1. The number of aromatic amines is 1. The zero-order valence-electron chi connectivity index (χ0n) is 18.3. The summed E-state index contributed by atoms with van der Waals surface area (Å²) in [5.41, 5.74) is 4.62. The molecule has 1 amide bonds. The van der Waals surface area contributed by atoms with E-state index in [4.69, 9.17) is 0 Å². The van der Waals surface area contributed by atoms with Gasteiger partial charge in [0.2, 0.25) is 0 Å². The number of amides is 1. The molecule has 0 bridgehead atoms. The zero-order valence-corrected chi connectivity index (χ0v) is 18.3. The molecule has 1 aromatic heterocycles. The van der Waals surface area contributed by atoms with Crippen molar-refractivity contribution < 1.29 is 14.7 Å². The fourth-order valence-electron chi connectivity index (χ4n) is 4.54. The highest BCUT2D eigenvalue weighted by Gasteiger charge is 2.45. The lowest BCUT2D eigenvalue weighted by Gasteiger charge is -2.25. The molecular formula is C28H24N2O3. The second kappa shape index (κ2) is 8.43. The molecule has 5 rings (SSSR count). The number of hydrogen-bond donors (Lipinski definition) is 2. The lowest BCUT2D eigenvalue weighted by atomic mass is 9.95. The number of carbonyl (C=O) groups excluding carboxylic acids is 2. The number of ketones is 1. The Hall–Kier alpha value is -4.12. The normalized spacial score (nSPS) is 17.7. The number of carbonyl (C=O) groups is 2. The average Bonchev–Trinajstić information content (AvgIpc) is 3.37. The minimum absolute atomic E-state index is 0.133. The second-order valence-electron chi connectivity index (χ2n) is 8.38. The van der Waals surface area contributed by atoms with Gasteiger partial charge in [0.1, 0.15) is 5.76 Å². The lowest BCUT2D eigenvalue weighted by Crippen LogP contribution is -2.31. The Labute approximate surface area is 192 Å². The highest BCUT2D eigenvalue weighted by Crippen LogP contribution is 2.39. The quantitative estimate of drug-likeness (QED) is 0.258. The predicted molar refractivity (Wildman–Crippen MR) is 129 cm³/mol. The number of hydrogen-bond acceptors (Lipinski definition) is 3. The Bertz CT molecular complexity index is 1370. The summed E-state index contributed by atoms with van der Waals surface area (Å²) in [4.78, 5) is 31.1. The molecule has 1 aliphatic heterocycles. The summed E-state index contributed by atoms with van der Waals surface area (Å²) in [5, 5.41) is 12.2. The third-order valence-corrected chi connectivity index (χ3v) is 6.28. The molecule has 3 aromatic carbocycles. The van der Waals surface area contributed by atoms with Gasteiger partial charge in [-0.3, -0.25) is 9.59 Å². The number of benzene rings is 3. The molecular weight excluding hydrogens is 412 g/mol. The van der Waals surface area contributed by atoms with Gasteiger partial charge in [0, 0.05) is 29.2 Å². The van der Waals surface area contributed by atoms with Gasteiger partial charge in [-0.2, -0.15) is 0 Å². The molecule has 5 heteroatoms. The molecule has 1 saturated heterocycles. The van der Waals surface area contributed by atoms with Gasteiger partial charge in [0.25, 0.3) is 11.7 Å². The van der Waals surface area contributed by atoms with Crippen LogP contribution in [0, 0.1) is 6.92 Å². The van der Waals surface area contributed by atoms with Crippen molar-refractivity contribution in [3.05, 3.63) is 113 Å². The smallest absolute Gasteiger partial charge is 0.295 e. The largest absolute Gasteiger partial charge is 0.507 e. The number of aryl methyl sites for hydroxylation is 1. The first kappa shape index (κ1) is 20.8. The van der Waals surface area contributed by atoms with E-state index in [0.29, 0.717) is 18.5 Å². The van der Waals surface area contributed by atoms with Crippen LogP contribution in [0.25, 0.3) is 16.7 Å². The van der Waals surface area contributed by atoms with Crippen molar-refractivity contribution >= 4 is 28.4 Å². The highest BCUT2D eigenvalue weighted by molar-refractivity contribution is 6.46. The lowest BCUT2D eigenvalue weighted by molar-refractivity contribution is -0.139. The van der Waals surface area contributed by atoms with E-state index in [1.54, 1.807) is 17.0 Å². The van der Waals surface area contributed by atoms with Gasteiger partial charge in [0.15, 0.2) is 0 Å². The van der Waals surface area contributed by atoms with E-state index in [-0.39, 0.29) is 11.3 Å². The standard InChI is InChI=1S/C28H24N2O3/c1-18-11-13-20(14-12-18)26(31)24-25(19-7-3-2-4-8-19)30(28(33)27(24)32)16-15-21-17-29-23-10-6-5-9-22(21)23/h2-14,17,25,29,31H,15-16H2,1H3/t25-/m0/s1. The number of fused-ring (bicyclic) bond motifs is 1. The molecule has 1 fully saturated rings. The first-order valence-electron chi connectivity index (χ1n) is 11.0. The Kier molecular flexibility index (Phi) is 5.31. The molecule has 2 heterocycles. The number of likely N-dealkylation sites (tertiary alicyclic amines) is 1. The van der Waals surface area contributed by atoms with Gasteiger partial charge in [-0.15, -0.1) is 0 Å². The molecule has 164 valence electrons. The number of nitrogens with zero attached hydrogens (tertiary/aromatic N) is 1. The number of aliphatic hydroxyl groups is 1. The van der Waals surface area contributed by atoms with Crippen molar-refractivity contribution in [2.24, 2.45) is 0 Å². The van der Waals surface area contributed by atoms with E-state index in [1.807, 2.05) is 79.9 Å². The third kappa shape index (κ3) is 3.72. The van der Waals surface area contributed by atoms with Crippen molar-refractivity contribution in [2.45, 2.75) is 19.4 Å². The molecule has 0 aliphatic carbocycles. The molecule has 1 aliphatic rings. The van der Waals surface area contributed by atoms with E-state index in [1.165, 1.54) is 0 Å². The SMILES string of the molecule is Cc1ccc(C(O)=C2C(=O)C(=O)N(CCc3c[nH]c4ccccc34)[C@H]2c2ccccc2)cc1. The Morgan fingerprint density at radius 3 is 2.39 bits per heavy atom. The number of para-hydroxylation sites is 1.